The third kappa shape index (κ3) is 2.73. The van der Waals surface area contributed by atoms with Crippen LogP contribution in [-0.4, -0.2) is 17.6 Å². The van der Waals surface area contributed by atoms with Crippen LogP contribution in [0.5, 0.6) is 0 Å². The van der Waals surface area contributed by atoms with E-state index in [1.807, 2.05) is 0 Å². The van der Waals surface area contributed by atoms with E-state index in [9.17, 15) is 18.0 Å². The van der Waals surface area contributed by atoms with Crippen LogP contribution in [0.2, 0.25) is 0 Å². The molecule has 0 bridgehead atoms. The third-order valence-corrected chi connectivity index (χ3v) is 2.09. The molecule has 0 saturated carbocycles. The average molecular weight is 248 g/mol. The van der Waals surface area contributed by atoms with Crippen LogP contribution >= 0.6 is 0 Å². The first kappa shape index (κ1) is 13.4. The summed E-state index contributed by atoms with van der Waals surface area (Å²) in [6.07, 6.45) is -2.21. The second kappa shape index (κ2) is 5.62. The Morgan fingerprint density at radius 2 is 2.24 bits per heavy atom. The molecule has 0 atom stereocenters. The minimum absolute atomic E-state index is 0.00118. The number of rotatable bonds is 4. The van der Waals surface area contributed by atoms with Gasteiger partial charge in [0.2, 0.25) is 5.95 Å². The Bertz CT molecular complexity index is 424. The van der Waals surface area contributed by atoms with Crippen molar-refractivity contribution in [3.8, 4) is 0 Å². The first-order valence-electron chi connectivity index (χ1n) is 4.85. The van der Waals surface area contributed by atoms with Crippen molar-refractivity contribution >= 4 is 5.97 Å². The van der Waals surface area contributed by atoms with E-state index in [2.05, 4.69) is 9.72 Å². The molecule has 0 saturated heterocycles. The topological polar surface area (TPSA) is 65.2 Å². The number of carbonyl (C=O) groups is 1. The van der Waals surface area contributed by atoms with Gasteiger partial charge in [0.1, 0.15) is 5.56 Å². The summed E-state index contributed by atoms with van der Waals surface area (Å²) >= 11 is 0. The lowest BCUT2D eigenvalue weighted by Crippen LogP contribution is -2.17. The van der Waals surface area contributed by atoms with Crippen LogP contribution < -0.4 is 5.73 Å². The molecular formula is C10H11F3N2O2. The number of pyridine rings is 1. The standard InChI is InChI=1S/C10H11F3N2O2/c1-2-17-10(16)7-5(3-14)6(8(11)12)4-15-9(7)13/h4,8H,2-3,14H2,1H3. The van der Waals surface area contributed by atoms with Gasteiger partial charge in [-0.1, -0.05) is 0 Å². The highest BCUT2D eigenvalue weighted by molar-refractivity contribution is 5.91. The fourth-order valence-corrected chi connectivity index (χ4v) is 1.36. The highest BCUT2D eigenvalue weighted by Crippen LogP contribution is 2.26. The van der Waals surface area contributed by atoms with Crippen LogP contribution in [0, 0.1) is 5.95 Å². The van der Waals surface area contributed by atoms with Crippen molar-refractivity contribution in [1.29, 1.82) is 0 Å². The zero-order valence-corrected chi connectivity index (χ0v) is 9.04. The molecule has 0 fully saturated rings. The Hall–Kier alpha value is -1.63. The molecular weight excluding hydrogens is 237 g/mol. The maximum atomic E-state index is 13.3. The lowest BCUT2D eigenvalue weighted by atomic mass is 10.0. The van der Waals surface area contributed by atoms with Crippen LogP contribution in [0.4, 0.5) is 13.2 Å². The summed E-state index contributed by atoms with van der Waals surface area (Å²) < 4.78 is 43.1. The van der Waals surface area contributed by atoms with Crippen LogP contribution in [0.15, 0.2) is 6.20 Å². The van der Waals surface area contributed by atoms with Gasteiger partial charge in [0.25, 0.3) is 6.43 Å². The van der Waals surface area contributed by atoms with Crippen LogP contribution in [0.25, 0.3) is 0 Å². The minimum Gasteiger partial charge on any atom is -0.462 e. The van der Waals surface area contributed by atoms with Gasteiger partial charge in [0, 0.05) is 18.3 Å². The van der Waals surface area contributed by atoms with Crippen molar-refractivity contribution in [3.63, 3.8) is 0 Å². The lowest BCUT2D eigenvalue weighted by molar-refractivity contribution is 0.0517. The molecule has 0 amide bonds. The molecule has 0 unspecified atom stereocenters. The Morgan fingerprint density at radius 3 is 2.71 bits per heavy atom. The summed E-state index contributed by atoms with van der Waals surface area (Å²) in [5.41, 5.74) is 3.81. The average Bonchev–Trinajstić information content (AvgIpc) is 2.28. The minimum atomic E-state index is -2.88. The molecule has 1 aromatic rings. The van der Waals surface area contributed by atoms with E-state index < -0.39 is 36.0 Å². The number of ether oxygens (including phenoxy) is 1. The first-order valence-corrected chi connectivity index (χ1v) is 4.85. The van der Waals surface area contributed by atoms with Gasteiger partial charge in [0.15, 0.2) is 0 Å². The molecule has 0 aliphatic rings. The van der Waals surface area contributed by atoms with Gasteiger partial charge in [0.05, 0.1) is 6.61 Å². The predicted octanol–water partition coefficient (Wildman–Crippen LogP) is 1.79. The van der Waals surface area contributed by atoms with Crippen molar-refractivity contribution in [1.82, 2.24) is 4.98 Å². The number of esters is 1. The van der Waals surface area contributed by atoms with Crippen LogP contribution in [0.3, 0.4) is 0 Å². The van der Waals surface area contributed by atoms with Crippen LogP contribution in [-0.2, 0) is 11.3 Å². The van der Waals surface area contributed by atoms with Gasteiger partial charge in [-0.3, -0.25) is 0 Å². The molecule has 0 radical (unpaired) electrons. The Labute approximate surface area is 95.6 Å². The first-order chi connectivity index (χ1) is 8.02. The summed E-state index contributed by atoms with van der Waals surface area (Å²) in [7, 11) is 0. The largest absolute Gasteiger partial charge is 0.462 e. The zero-order chi connectivity index (χ0) is 13.0. The molecule has 1 aromatic heterocycles. The van der Waals surface area contributed by atoms with E-state index in [0.717, 1.165) is 0 Å². The van der Waals surface area contributed by atoms with E-state index in [-0.39, 0.29) is 12.2 Å². The van der Waals surface area contributed by atoms with Gasteiger partial charge in [-0.2, -0.15) is 4.39 Å². The molecule has 0 spiro atoms. The fraction of sp³-hybridized carbons (Fsp3) is 0.400. The van der Waals surface area contributed by atoms with Gasteiger partial charge in [-0.25, -0.2) is 18.6 Å². The molecule has 2 N–H and O–H groups in total. The lowest BCUT2D eigenvalue weighted by Gasteiger charge is -2.12. The number of hydrogen-bond acceptors (Lipinski definition) is 4. The van der Waals surface area contributed by atoms with Gasteiger partial charge in [-0.15, -0.1) is 0 Å². The maximum Gasteiger partial charge on any atom is 0.343 e. The number of alkyl halides is 2. The van der Waals surface area contributed by atoms with Gasteiger partial charge >= 0.3 is 5.97 Å². The van der Waals surface area contributed by atoms with Gasteiger partial charge < -0.3 is 10.5 Å². The number of hydrogen-bond donors (Lipinski definition) is 1. The zero-order valence-electron chi connectivity index (χ0n) is 9.04. The van der Waals surface area contributed by atoms with Crippen molar-refractivity contribution in [2.75, 3.05) is 6.61 Å². The number of aromatic nitrogens is 1. The number of carbonyl (C=O) groups excluding carboxylic acids is 1. The van der Waals surface area contributed by atoms with Gasteiger partial charge in [-0.05, 0) is 12.5 Å². The molecule has 7 heteroatoms. The van der Waals surface area contributed by atoms with E-state index in [1.54, 1.807) is 0 Å². The van der Waals surface area contributed by atoms with E-state index in [1.165, 1.54) is 6.92 Å². The molecule has 0 aromatic carbocycles. The van der Waals surface area contributed by atoms with Crippen molar-refractivity contribution < 1.29 is 22.7 Å². The summed E-state index contributed by atoms with van der Waals surface area (Å²) in [6, 6.07) is 0. The molecule has 4 nitrogen and oxygen atoms in total. The summed E-state index contributed by atoms with van der Waals surface area (Å²) in [6.45, 7) is 1.12. The highest BCUT2D eigenvalue weighted by Gasteiger charge is 2.24. The van der Waals surface area contributed by atoms with Crippen LogP contribution in [0.1, 0.15) is 34.8 Å². The number of halogens is 3. The monoisotopic (exact) mass is 248 g/mol. The highest BCUT2D eigenvalue weighted by atomic mass is 19.3. The Morgan fingerprint density at radius 1 is 1.59 bits per heavy atom. The quantitative estimate of drug-likeness (QED) is 0.651. The predicted molar refractivity (Wildman–Crippen MR) is 53.0 cm³/mol. The second-order valence-corrected chi connectivity index (χ2v) is 3.08. The maximum absolute atomic E-state index is 13.3. The molecule has 1 heterocycles. The summed E-state index contributed by atoms with van der Waals surface area (Å²) in [4.78, 5) is 14.5. The molecule has 94 valence electrons. The number of nitrogens with zero attached hydrogens (tertiary/aromatic N) is 1. The van der Waals surface area contributed by atoms with E-state index >= 15 is 0 Å². The second-order valence-electron chi connectivity index (χ2n) is 3.08. The van der Waals surface area contributed by atoms with E-state index in [4.69, 9.17) is 5.73 Å². The van der Waals surface area contributed by atoms with Crippen molar-refractivity contribution in [2.24, 2.45) is 5.73 Å². The number of nitrogens with two attached hydrogens (primary N) is 1. The summed E-state index contributed by atoms with van der Waals surface area (Å²) in [5, 5.41) is 0. The molecule has 1 rings (SSSR count). The van der Waals surface area contributed by atoms with Crippen molar-refractivity contribution in [3.05, 3.63) is 28.8 Å². The SMILES string of the molecule is CCOC(=O)c1c(F)ncc(C(F)F)c1CN. The van der Waals surface area contributed by atoms with Crippen molar-refractivity contribution in [2.45, 2.75) is 19.9 Å². The smallest absolute Gasteiger partial charge is 0.343 e. The molecule has 17 heavy (non-hydrogen) atoms. The third-order valence-electron chi connectivity index (χ3n) is 2.09. The molecule has 0 aliphatic carbocycles. The van der Waals surface area contributed by atoms with E-state index in [0.29, 0.717) is 6.20 Å². The normalized spacial score (nSPS) is 10.7. The Kier molecular flexibility index (Phi) is 4.45. The fourth-order valence-electron chi connectivity index (χ4n) is 1.36. The molecule has 0 aliphatic heterocycles. The summed E-state index contributed by atoms with van der Waals surface area (Å²) in [5.74, 6) is -2.20. The Balaban J connectivity index is 3.35.